The fraction of sp³-hybridized carbons (Fsp3) is 0.312. The second-order valence-electron chi connectivity index (χ2n) is 4.70. The van der Waals surface area contributed by atoms with Gasteiger partial charge in [0.25, 0.3) is 0 Å². The molecule has 0 spiro atoms. The fourth-order valence-corrected chi connectivity index (χ4v) is 1.82. The molecule has 0 heterocycles. The lowest BCUT2D eigenvalue weighted by atomic mass is 10.1. The van der Waals surface area contributed by atoms with E-state index in [9.17, 15) is 5.21 Å². The number of oxime groups is 1. The van der Waals surface area contributed by atoms with Gasteiger partial charge in [-0.05, 0) is 35.9 Å². The van der Waals surface area contributed by atoms with Gasteiger partial charge in [0.1, 0.15) is 12.4 Å². The molecule has 1 N–H and O–H groups in total. The summed E-state index contributed by atoms with van der Waals surface area (Å²) < 4.78 is 8.33. The maximum absolute atomic E-state index is 11.9. The molecule has 0 fully saturated rings. The molecule has 7 heteroatoms. The molecule has 0 radical (unpaired) electrons. The summed E-state index contributed by atoms with van der Waals surface area (Å²) in [5, 5.41) is 27.5. The van der Waals surface area contributed by atoms with Gasteiger partial charge in [-0.1, -0.05) is 34.1 Å². The first-order chi connectivity index (χ1) is 11.0. The summed E-state index contributed by atoms with van der Waals surface area (Å²) in [7, 11) is 0. The first kappa shape index (κ1) is 19.0. The Hall–Kier alpha value is -2.08. The highest BCUT2D eigenvalue weighted by Gasteiger charge is 2.10. The minimum atomic E-state index is -0.507. The number of hydroxylamine groups is 1. The Morgan fingerprint density at radius 1 is 1.48 bits per heavy atom. The summed E-state index contributed by atoms with van der Waals surface area (Å²) in [4.78, 5) is 0.468. The van der Waals surface area contributed by atoms with Gasteiger partial charge in [0.15, 0.2) is 6.04 Å². The third kappa shape index (κ3) is 6.28. The molecule has 0 aromatic heterocycles. The Kier molecular flexibility index (Phi) is 8.11. The lowest BCUT2D eigenvalue weighted by Crippen LogP contribution is -2.13. The predicted molar refractivity (Wildman–Crippen MR) is 97.8 cm³/mol. The number of benzene rings is 1. The molecule has 6 nitrogen and oxygen atoms in total. The molecule has 0 aliphatic heterocycles. The van der Waals surface area contributed by atoms with Crippen molar-refractivity contribution in [2.45, 2.75) is 26.8 Å². The van der Waals surface area contributed by atoms with Crippen LogP contribution in [0.3, 0.4) is 0 Å². The van der Waals surface area contributed by atoms with Gasteiger partial charge in [0.05, 0.1) is 5.71 Å². The lowest BCUT2D eigenvalue weighted by molar-refractivity contribution is -0.459. The molecule has 0 aliphatic carbocycles. The van der Waals surface area contributed by atoms with Crippen LogP contribution in [0.2, 0.25) is 0 Å². The van der Waals surface area contributed by atoms with E-state index in [4.69, 9.17) is 9.94 Å². The molecular formula is C16H18IN3O3. The van der Waals surface area contributed by atoms with Crippen molar-refractivity contribution in [2.24, 2.45) is 10.3 Å². The summed E-state index contributed by atoms with van der Waals surface area (Å²) >= 11 is 1.95. The Labute approximate surface area is 149 Å². The van der Waals surface area contributed by atoms with Gasteiger partial charge in [0, 0.05) is 33.7 Å². The maximum Gasteiger partial charge on any atom is 0.213 e. The molecule has 0 aliphatic rings. The number of ether oxygens (including phenoxy) is 1. The zero-order valence-electron chi connectivity index (χ0n) is 13.2. The highest BCUT2D eigenvalue weighted by molar-refractivity contribution is 14.1. The van der Waals surface area contributed by atoms with Gasteiger partial charge in [-0.15, -0.1) is 0 Å². The summed E-state index contributed by atoms with van der Waals surface area (Å²) in [6, 6.07) is 6.88. The average Bonchev–Trinajstić information content (AvgIpc) is 2.54. The first-order valence-corrected chi connectivity index (χ1v) is 7.92. The van der Waals surface area contributed by atoms with Crippen molar-refractivity contribution in [1.29, 1.82) is 0 Å². The summed E-state index contributed by atoms with van der Waals surface area (Å²) in [5.74, 6) is 3.46. The smallest absolute Gasteiger partial charge is 0.213 e. The largest absolute Gasteiger partial charge is 0.595 e. The molecule has 23 heavy (non-hydrogen) atoms. The van der Waals surface area contributed by atoms with E-state index in [-0.39, 0.29) is 6.61 Å². The molecule has 0 saturated carbocycles. The third-order valence-corrected chi connectivity index (χ3v) is 3.41. The number of rotatable bonds is 6. The average molecular weight is 427 g/mol. The van der Waals surface area contributed by atoms with E-state index in [0.717, 1.165) is 5.56 Å². The monoisotopic (exact) mass is 427 g/mol. The van der Waals surface area contributed by atoms with Crippen LogP contribution in [-0.2, 0) is 0 Å². The molecule has 1 rings (SSSR count). The normalized spacial score (nSPS) is 14.0. The summed E-state index contributed by atoms with van der Waals surface area (Å²) in [6.45, 7) is 5.34. The van der Waals surface area contributed by atoms with Gasteiger partial charge in [-0.2, -0.15) is 0 Å². The van der Waals surface area contributed by atoms with Crippen LogP contribution in [0.5, 0.6) is 5.75 Å². The van der Waals surface area contributed by atoms with Crippen LogP contribution in [0.4, 0.5) is 0 Å². The maximum atomic E-state index is 11.9. The Morgan fingerprint density at radius 3 is 2.83 bits per heavy atom. The highest BCUT2D eigenvalue weighted by Crippen LogP contribution is 2.25. The minimum absolute atomic E-state index is 0.280. The number of allylic oxidation sites excluding steroid dienone is 1. The van der Waals surface area contributed by atoms with Crippen LogP contribution in [0.1, 0.15) is 26.3 Å². The van der Waals surface area contributed by atoms with Crippen LogP contribution in [-0.4, -0.2) is 28.4 Å². The van der Waals surface area contributed by atoms with Crippen molar-refractivity contribution in [3.8, 4) is 15.6 Å². The Morgan fingerprint density at radius 2 is 2.17 bits per heavy atom. The Balaban J connectivity index is 3.01. The van der Waals surface area contributed by atoms with Gasteiger partial charge >= 0.3 is 0 Å². The van der Waals surface area contributed by atoms with Gasteiger partial charge < -0.3 is 15.2 Å². The molecular weight excluding hydrogens is 409 g/mol. The van der Waals surface area contributed by atoms with Crippen molar-refractivity contribution >= 4 is 33.9 Å². The number of halogens is 1. The lowest BCUT2D eigenvalue weighted by Gasteiger charge is -2.09. The van der Waals surface area contributed by atoms with E-state index >= 15 is 0 Å². The van der Waals surface area contributed by atoms with E-state index in [1.807, 2.05) is 46.9 Å². The SMILES string of the molecule is C/C(=C\[N+]([O-])=NC(C)/C(C)=N/O)c1ccccc1OCC#CI. The van der Waals surface area contributed by atoms with Crippen molar-refractivity contribution < 1.29 is 14.8 Å². The molecule has 1 aromatic rings. The predicted octanol–water partition coefficient (Wildman–Crippen LogP) is 4.02. The molecule has 0 saturated heterocycles. The number of hydrogen-bond acceptors (Lipinski definition) is 5. The standard InChI is InChI=1S/C16H18IN3O3/c1-12(11-20(22)18-13(2)14(3)19-21)15-7-4-5-8-16(15)23-10-6-9-17/h4-5,7-8,11,13,21H,10H2,1-3H3/b12-11+,19-14+,20-18?. The first-order valence-electron chi connectivity index (χ1n) is 6.84. The number of para-hydroxylation sites is 1. The highest BCUT2D eigenvalue weighted by atomic mass is 127. The van der Waals surface area contributed by atoms with Crippen molar-refractivity contribution in [1.82, 2.24) is 0 Å². The topological polar surface area (TPSA) is 80.2 Å². The van der Waals surface area contributed by atoms with E-state index in [1.165, 1.54) is 6.20 Å². The number of azo groups is 1. The molecule has 0 bridgehead atoms. The second kappa shape index (κ2) is 9.84. The van der Waals surface area contributed by atoms with Crippen molar-refractivity contribution in [3.63, 3.8) is 0 Å². The van der Waals surface area contributed by atoms with Gasteiger partial charge in [-0.3, -0.25) is 0 Å². The zero-order chi connectivity index (χ0) is 17.2. The quantitative estimate of drug-likeness (QED) is 0.142. The summed E-state index contributed by atoms with van der Waals surface area (Å²) in [6.07, 6.45) is 1.35. The second-order valence-corrected chi connectivity index (χ2v) is 5.24. The van der Waals surface area contributed by atoms with E-state index < -0.39 is 6.04 Å². The summed E-state index contributed by atoms with van der Waals surface area (Å²) in [5.41, 5.74) is 1.85. The molecule has 1 atom stereocenters. The van der Waals surface area contributed by atoms with Crippen LogP contribution in [0, 0.1) is 15.1 Å². The van der Waals surface area contributed by atoms with Crippen LogP contribution in [0.25, 0.3) is 5.57 Å². The molecule has 122 valence electrons. The van der Waals surface area contributed by atoms with E-state index in [2.05, 4.69) is 20.1 Å². The van der Waals surface area contributed by atoms with Crippen molar-refractivity contribution in [2.75, 3.05) is 6.61 Å². The zero-order valence-corrected chi connectivity index (χ0v) is 15.3. The molecule has 1 aromatic carbocycles. The fourth-order valence-electron chi connectivity index (χ4n) is 1.67. The van der Waals surface area contributed by atoms with E-state index in [1.54, 1.807) is 20.8 Å². The van der Waals surface area contributed by atoms with Crippen LogP contribution < -0.4 is 4.74 Å². The van der Waals surface area contributed by atoms with Crippen molar-refractivity contribution in [3.05, 3.63) is 41.2 Å². The minimum Gasteiger partial charge on any atom is -0.595 e. The molecule has 1 unspecified atom stereocenters. The van der Waals surface area contributed by atoms with Gasteiger partial charge in [-0.25, -0.2) is 0 Å². The third-order valence-electron chi connectivity index (χ3n) is 3.03. The van der Waals surface area contributed by atoms with Gasteiger partial charge in [0.2, 0.25) is 6.20 Å². The Bertz CT molecular complexity index is 687. The number of nitrogens with zero attached hydrogens (tertiary/aromatic N) is 3. The van der Waals surface area contributed by atoms with E-state index in [0.29, 0.717) is 21.9 Å². The number of hydrogen-bond donors (Lipinski definition) is 1. The van der Waals surface area contributed by atoms with Crippen LogP contribution in [0.15, 0.2) is 40.7 Å². The molecule has 0 amide bonds. The van der Waals surface area contributed by atoms with Crippen LogP contribution >= 0.6 is 22.6 Å².